The molecule has 4 unspecified atom stereocenters. The second kappa shape index (κ2) is 17.3. The number of hydrogen-bond acceptors (Lipinski definition) is 13. The number of aliphatic hydroxyl groups is 2. The van der Waals surface area contributed by atoms with Gasteiger partial charge in [-0.05, 0) is 93.0 Å². The maximum atomic E-state index is 14.3. The fourth-order valence-electron chi connectivity index (χ4n) is 10.6. The monoisotopic (exact) mass is 781 g/mol. The zero-order valence-electron chi connectivity index (χ0n) is 33.6. The molecule has 2 aromatic rings. The molecular formula is C42H59N3O11. The number of ketones is 1. The number of benzene rings is 1. The molecule has 3 aliphatic carbocycles. The Labute approximate surface area is 329 Å². The van der Waals surface area contributed by atoms with Gasteiger partial charge in [0, 0.05) is 44.6 Å². The maximum absolute atomic E-state index is 14.3. The van der Waals surface area contributed by atoms with E-state index >= 15 is 0 Å². The number of cyclic esters (lactones) is 1. The van der Waals surface area contributed by atoms with Crippen molar-refractivity contribution in [3.63, 3.8) is 0 Å². The molecule has 14 heteroatoms. The van der Waals surface area contributed by atoms with Gasteiger partial charge < -0.3 is 43.4 Å². The predicted molar refractivity (Wildman–Crippen MR) is 202 cm³/mol. The quantitative estimate of drug-likeness (QED) is 0.346. The third-order valence-corrected chi connectivity index (χ3v) is 13.5. The van der Waals surface area contributed by atoms with Crippen LogP contribution in [0, 0.1) is 35.5 Å². The summed E-state index contributed by atoms with van der Waals surface area (Å²) < 4.78 is 43.7. The van der Waals surface area contributed by atoms with Crippen molar-refractivity contribution in [3.05, 3.63) is 42.1 Å². The molecule has 0 amide bonds. The number of carbonyl (C=O) groups excluding carboxylic acids is 2. The van der Waals surface area contributed by atoms with Crippen LogP contribution in [0.2, 0.25) is 0 Å². The zero-order valence-corrected chi connectivity index (χ0v) is 33.6. The molecule has 7 rings (SSSR count). The summed E-state index contributed by atoms with van der Waals surface area (Å²) in [7, 11) is 6.46. The molecule has 0 spiro atoms. The van der Waals surface area contributed by atoms with Gasteiger partial charge in [0.15, 0.2) is 12.1 Å². The van der Waals surface area contributed by atoms with Gasteiger partial charge in [-0.25, -0.2) is 4.68 Å². The number of carbonyl (C=O) groups is 2. The van der Waals surface area contributed by atoms with Crippen LogP contribution in [-0.4, -0.2) is 121 Å². The molecular weight excluding hydrogens is 722 g/mol. The largest absolute Gasteiger partial charge is 0.497 e. The van der Waals surface area contributed by atoms with Crippen molar-refractivity contribution in [2.24, 2.45) is 35.5 Å². The molecule has 56 heavy (non-hydrogen) atoms. The molecule has 2 saturated carbocycles. The van der Waals surface area contributed by atoms with Crippen molar-refractivity contribution in [2.75, 3.05) is 28.4 Å². The van der Waals surface area contributed by atoms with Crippen LogP contribution in [0.15, 0.2) is 42.1 Å². The van der Waals surface area contributed by atoms with E-state index in [0.717, 1.165) is 11.3 Å². The van der Waals surface area contributed by atoms with Gasteiger partial charge in [0.1, 0.15) is 35.9 Å². The summed E-state index contributed by atoms with van der Waals surface area (Å²) in [5.41, 5.74) is 1.98. The zero-order chi connectivity index (χ0) is 39.8. The second-order valence-corrected chi connectivity index (χ2v) is 16.4. The minimum absolute atomic E-state index is 0.0456. The van der Waals surface area contributed by atoms with Gasteiger partial charge in [0.2, 0.25) is 0 Å². The maximum Gasteiger partial charge on any atom is 0.306 e. The average molecular weight is 782 g/mol. The van der Waals surface area contributed by atoms with E-state index in [2.05, 4.69) is 10.3 Å². The lowest BCUT2D eigenvalue weighted by Crippen LogP contribution is -2.59. The first kappa shape index (κ1) is 40.9. The summed E-state index contributed by atoms with van der Waals surface area (Å²) in [4.78, 5) is 28.0. The van der Waals surface area contributed by atoms with Gasteiger partial charge >= 0.3 is 5.97 Å². The van der Waals surface area contributed by atoms with Gasteiger partial charge in [-0.15, -0.1) is 5.10 Å². The Balaban J connectivity index is 1.25. The molecule has 1 aromatic heterocycles. The van der Waals surface area contributed by atoms with Gasteiger partial charge in [-0.1, -0.05) is 25.1 Å². The first-order valence-corrected chi connectivity index (χ1v) is 20.3. The van der Waals surface area contributed by atoms with Crippen molar-refractivity contribution >= 4 is 11.8 Å². The summed E-state index contributed by atoms with van der Waals surface area (Å²) in [5.74, 6) is -2.04. The van der Waals surface area contributed by atoms with E-state index in [0.29, 0.717) is 49.8 Å². The molecule has 14 nitrogen and oxygen atoms in total. The van der Waals surface area contributed by atoms with E-state index in [-0.39, 0.29) is 60.3 Å². The summed E-state index contributed by atoms with van der Waals surface area (Å²) in [5, 5.41) is 33.0. The van der Waals surface area contributed by atoms with Crippen molar-refractivity contribution < 1.29 is 53.0 Å². The van der Waals surface area contributed by atoms with Crippen molar-refractivity contribution in [1.82, 2.24) is 15.0 Å². The smallest absolute Gasteiger partial charge is 0.306 e. The van der Waals surface area contributed by atoms with E-state index in [1.165, 1.54) is 0 Å². The standard InChI is InChI=1S/C42H59N3O11/c1-8-24-10-9-11-33(46)21(2)37(48)31-18-28-27-16-26(56-42-41(53-7)40(52-6)39(51-5)22(3)54-42)17-30(27)36(38(49)35(28)29(31)19-34(47)55-24)45-20-32(43-44-45)23-12-14-25(50-4)15-13-23/h12-15,18,20-22,24,26-30,33,35-36,38-42,46,49H,8-11,16-17,19H2,1-7H3/t21-,22?,24+,26+,27+,28+,29-,30-,33+,35-,36?,38?,39+,40?,41+,42+/m1/s1. The molecule has 0 bridgehead atoms. The molecule has 308 valence electrons. The number of ether oxygens (including phenoxy) is 7. The van der Waals surface area contributed by atoms with E-state index in [1.54, 1.807) is 40.0 Å². The number of hydrogen-bond donors (Lipinski definition) is 2. The Morgan fingerprint density at radius 2 is 1.64 bits per heavy atom. The van der Waals surface area contributed by atoms with Crippen molar-refractivity contribution in [3.8, 4) is 17.0 Å². The highest BCUT2D eigenvalue weighted by Crippen LogP contribution is 2.60. The summed E-state index contributed by atoms with van der Waals surface area (Å²) >= 11 is 0. The van der Waals surface area contributed by atoms with Crippen molar-refractivity contribution in [1.29, 1.82) is 0 Å². The molecule has 1 aromatic carbocycles. The van der Waals surface area contributed by atoms with E-state index in [1.807, 2.05) is 50.4 Å². The highest BCUT2D eigenvalue weighted by atomic mass is 16.7. The van der Waals surface area contributed by atoms with Crippen LogP contribution < -0.4 is 4.74 Å². The molecule has 0 radical (unpaired) electrons. The highest BCUT2D eigenvalue weighted by molar-refractivity contribution is 5.99. The van der Waals surface area contributed by atoms with E-state index in [9.17, 15) is 19.8 Å². The number of fused-ring (bicyclic) bond motifs is 5. The Morgan fingerprint density at radius 1 is 0.929 bits per heavy atom. The molecule has 2 N–H and O–H groups in total. The lowest BCUT2D eigenvalue weighted by atomic mass is 9.62. The Morgan fingerprint density at radius 3 is 2.32 bits per heavy atom. The number of Topliss-reactive ketones (excluding diaryl/α,β-unsaturated/α-hetero) is 1. The van der Waals surface area contributed by atoms with Gasteiger partial charge in [0.05, 0.1) is 50.2 Å². The number of esters is 1. The van der Waals surface area contributed by atoms with Gasteiger partial charge in [0.25, 0.3) is 0 Å². The summed E-state index contributed by atoms with van der Waals surface area (Å²) in [6, 6.07) is 7.00. The molecule has 5 aliphatic rings. The normalized spacial score (nSPS) is 40.4. The molecule has 16 atom stereocenters. The van der Waals surface area contributed by atoms with Crippen LogP contribution in [0.3, 0.4) is 0 Å². The van der Waals surface area contributed by atoms with Crippen LogP contribution >= 0.6 is 0 Å². The van der Waals surface area contributed by atoms with Crippen molar-refractivity contribution in [2.45, 2.75) is 127 Å². The van der Waals surface area contributed by atoms with Crippen LogP contribution in [0.1, 0.15) is 71.8 Å². The predicted octanol–water partition coefficient (Wildman–Crippen LogP) is 4.32. The van der Waals surface area contributed by atoms with Gasteiger partial charge in [-0.3, -0.25) is 9.59 Å². The Hall–Kier alpha value is -3.24. The van der Waals surface area contributed by atoms with E-state index < -0.39 is 54.5 Å². The van der Waals surface area contributed by atoms with E-state index in [4.69, 9.17) is 33.2 Å². The fourth-order valence-corrected chi connectivity index (χ4v) is 10.6. The number of methoxy groups -OCH3 is 4. The number of nitrogens with zero attached hydrogens (tertiary/aromatic N) is 3. The van der Waals surface area contributed by atoms with Crippen LogP contribution in [0.25, 0.3) is 11.3 Å². The molecule has 2 aliphatic heterocycles. The number of rotatable bonds is 9. The number of allylic oxidation sites excluding steroid dienone is 2. The number of aliphatic hydroxyl groups excluding tert-OH is 2. The summed E-state index contributed by atoms with van der Waals surface area (Å²) in [6.45, 7) is 5.67. The minimum atomic E-state index is -1.00. The average Bonchev–Trinajstić information content (AvgIpc) is 3.94. The Bertz CT molecular complexity index is 1700. The molecule has 4 fully saturated rings. The minimum Gasteiger partial charge on any atom is -0.497 e. The molecule has 2 saturated heterocycles. The number of aromatic nitrogens is 3. The third-order valence-electron chi connectivity index (χ3n) is 13.5. The molecule has 3 heterocycles. The third kappa shape index (κ3) is 7.70. The fraction of sp³-hybridized carbons (Fsp3) is 0.714. The summed E-state index contributed by atoms with van der Waals surface area (Å²) in [6.07, 6.45) is 2.49. The SMILES string of the molecule is CC[C@H]1CCC[C@H](O)[C@@H](C)C(=O)C2=C[C@H]3[C@@H]4C[C@H](O[C@@H]5OC(C)[C@H](OC)C(OC)[C@@H]5OC)C[C@H]4C(n4cc(-c5ccc(OC)cc5)nn4)C(O)[C@H]3[C@@H]2CC(=O)O1. The highest BCUT2D eigenvalue weighted by Gasteiger charge is 2.60. The lowest BCUT2D eigenvalue weighted by molar-refractivity contribution is -0.314. The Kier molecular flexibility index (Phi) is 12.7. The van der Waals surface area contributed by atoms with Crippen LogP contribution in [-0.2, 0) is 38.0 Å². The topological polar surface area (TPSA) is 170 Å². The van der Waals surface area contributed by atoms with Crippen LogP contribution in [0.5, 0.6) is 5.75 Å². The first-order valence-electron chi connectivity index (χ1n) is 20.3. The van der Waals surface area contributed by atoms with Crippen LogP contribution in [0.4, 0.5) is 0 Å². The lowest BCUT2D eigenvalue weighted by Gasteiger charge is -2.46. The van der Waals surface area contributed by atoms with Gasteiger partial charge in [-0.2, -0.15) is 0 Å². The second-order valence-electron chi connectivity index (χ2n) is 16.4. The first-order chi connectivity index (χ1) is 27.0.